The van der Waals surface area contributed by atoms with Crippen LogP contribution in [0.25, 0.3) is 111 Å². The van der Waals surface area contributed by atoms with E-state index in [1.165, 1.54) is 77.1 Å². The van der Waals surface area contributed by atoms with Crippen molar-refractivity contribution in [1.82, 2.24) is 9.13 Å². The van der Waals surface area contributed by atoms with Crippen molar-refractivity contribution in [1.29, 1.82) is 0 Å². The Morgan fingerprint density at radius 2 is 0.557 bits per heavy atom. The van der Waals surface area contributed by atoms with E-state index in [0.29, 0.717) is 0 Å². The van der Waals surface area contributed by atoms with E-state index in [1.54, 1.807) is 0 Å². The number of para-hydroxylation sites is 5. The molecule has 2 heterocycles. The largest absolute Gasteiger partial charge is 0.310 e. The molecule has 16 rings (SSSR count). The topological polar surface area (TPSA) is 16.3 Å². The first-order chi connectivity index (χ1) is 43.7. The molecule has 0 unspecified atom stereocenters. The molecule has 0 aliphatic carbocycles. The monoisotopic (exact) mass is 1120 g/mol. The van der Waals surface area contributed by atoms with Crippen LogP contribution >= 0.6 is 0 Å². The smallest absolute Gasteiger partial charge is 0.0702 e. The van der Waals surface area contributed by atoms with Gasteiger partial charge in [-0.2, -0.15) is 0 Å². The quantitative estimate of drug-likeness (QED) is 0.114. The molecular formula is C84H58N4. The van der Waals surface area contributed by atoms with Gasteiger partial charge in [-0.15, -0.1) is 0 Å². The van der Waals surface area contributed by atoms with Crippen LogP contribution in [-0.2, 0) is 0 Å². The second kappa shape index (κ2) is 22.4. The summed E-state index contributed by atoms with van der Waals surface area (Å²) in [6.07, 6.45) is 0. The molecule has 0 amide bonds. The summed E-state index contributed by atoms with van der Waals surface area (Å²) in [5, 5.41) is 4.87. The van der Waals surface area contributed by atoms with E-state index in [0.717, 1.165) is 67.7 Å². The zero-order chi connectivity index (χ0) is 58.3. The van der Waals surface area contributed by atoms with Crippen LogP contribution in [0.15, 0.2) is 352 Å². The Balaban J connectivity index is 0.781. The van der Waals surface area contributed by atoms with Crippen LogP contribution in [0.3, 0.4) is 0 Å². The highest BCUT2D eigenvalue weighted by Crippen LogP contribution is 2.45. The van der Waals surface area contributed by atoms with Crippen LogP contribution in [0.2, 0.25) is 0 Å². The van der Waals surface area contributed by atoms with Crippen LogP contribution in [0.1, 0.15) is 0 Å². The molecule has 0 atom stereocenters. The number of hydrogen-bond donors (Lipinski definition) is 0. The van der Waals surface area contributed by atoms with Crippen molar-refractivity contribution in [2.45, 2.75) is 0 Å². The Hall–Kier alpha value is -11.7. The molecule has 88 heavy (non-hydrogen) atoms. The lowest BCUT2D eigenvalue weighted by molar-refractivity contribution is 1.15. The first-order valence-electron chi connectivity index (χ1n) is 30.1. The van der Waals surface area contributed by atoms with E-state index in [4.69, 9.17) is 0 Å². The summed E-state index contributed by atoms with van der Waals surface area (Å²) in [5.41, 5.74) is 25.0. The van der Waals surface area contributed by atoms with E-state index >= 15 is 0 Å². The maximum atomic E-state index is 2.46. The predicted molar refractivity (Wildman–Crippen MR) is 372 cm³/mol. The summed E-state index contributed by atoms with van der Waals surface area (Å²) < 4.78 is 4.85. The van der Waals surface area contributed by atoms with Gasteiger partial charge in [0.2, 0.25) is 0 Å². The van der Waals surface area contributed by atoms with E-state index in [2.05, 4.69) is 371 Å². The number of benzene rings is 14. The van der Waals surface area contributed by atoms with Crippen LogP contribution in [0.5, 0.6) is 0 Å². The van der Waals surface area contributed by atoms with E-state index < -0.39 is 0 Å². The van der Waals surface area contributed by atoms with Gasteiger partial charge in [-0.1, -0.05) is 243 Å². The minimum Gasteiger partial charge on any atom is -0.310 e. The molecule has 414 valence electrons. The van der Waals surface area contributed by atoms with Crippen molar-refractivity contribution < 1.29 is 0 Å². The number of nitrogens with zero attached hydrogens (tertiary/aromatic N) is 4. The molecule has 0 aliphatic rings. The number of hydrogen-bond acceptors (Lipinski definition) is 2. The molecule has 16 aromatic rings. The molecule has 2 aromatic heterocycles. The molecule has 14 aromatic carbocycles. The van der Waals surface area contributed by atoms with E-state index in [1.807, 2.05) is 0 Å². The molecular weight excluding hydrogens is 1060 g/mol. The van der Waals surface area contributed by atoms with Gasteiger partial charge < -0.3 is 18.9 Å². The minimum atomic E-state index is 1.06. The highest BCUT2D eigenvalue weighted by Gasteiger charge is 2.23. The van der Waals surface area contributed by atoms with Gasteiger partial charge in [0.15, 0.2) is 0 Å². The van der Waals surface area contributed by atoms with Gasteiger partial charge in [0.05, 0.1) is 33.4 Å². The lowest BCUT2D eigenvalue weighted by Crippen LogP contribution is -2.13. The van der Waals surface area contributed by atoms with Crippen LogP contribution in [0, 0.1) is 0 Å². The fraction of sp³-hybridized carbons (Fsp3) is 0. The Morgan fingerprint density at radius 3 is 1.07 bits per heavy atom. The summed E-state index contributed by atoms with van der Waals surface area (Å²) >= 11 is 0. The second-order valence-electron chi connectivity index (χ2n) is 22.5. The third-order valence-corrected chi connectivity index (χ3v) is 17.3. The standard InChI is InChI=1S/C84H58N4/c1-4-21-59(22-5-1)62-39-48-67(49-40-62)85(71-27-20-28-72(58-71)87-79-34-15-12-31-75(79)76-32-13-16-35-80(76)87)68-54-45-65(46-55-68)73-29-10-11-30-74(73)66-47-56-82-78(57-66)77-33-14-17-36-81(77)88(82)84-38-19-18-37-83(84)86(69-50-41-63(42-51-69)60-23-6-2-7-24-60)70-52-43-64(44-53-70)61-25-8-3-9-26-61/h1-58H. The first kappa shape index (κ1) is 51.9. The lowest BCUT2D eigenvalue weighted by Gasteiger charge is -2.28. The maximum Gasteiger partial charge on any atom is 0.0702 e. The SMILES string of the molecule is c1ccc(-c2ccc(N(c3ccc(-c4ccccc4-c4ccc5c(c4)c4ccccc4n5-c4ccccc4N(c4ccc(-c5ccccc5)cc4)c4ccc(-c5ccccc5)cc4)cc3)c3cccc(-n4c5ccccc5c5ccccc54)c3)cc2)cc1. The highest BCUT2D eigenvalue weighted by molar-refractivity contribution is 6.12. The fourth-order valence-corrected chi connectivity index (χ4v) is 13.2. The molecule has 0 spiro atoms. The number of anilines is 6. The molecule has 4 heteroatoms. The van der Waals surface area contributed by atoms with Gasteiger partial charge in [0.1, 0.15) is 0 Å². The lowest BCUT2D eigenvalue weighted by atomic mass is 9.93. The van der Waals surface area contributed by atoms with Crippen molar-refractivity contribution >= 4 is 77.7 Å². The van der Waals surface area contributed by atoms with Crippen molar-refractivity contribution in [3.05, 3.63) is 352 Å². The van der Waals surface area contributed by atoms with Gasteiger partial charge in [-0.3, -0.25) is 0 Å². The fourth-order valence-electron chi connectivity index (χ4n) is 13.2. The summed E-state index contributed by atoms with van der Waals surface area (Å²) in [7, 11) is 0. The molecule has 0 aliphatic heterocycles. The summed E-state index contributed by atoms with van der Waals surface area (Å²) in [6, 6.07) is 128. The number of rotatable bonds is 13. The third-order valence-electron chi connectivity index (χ3n) is 17.3. The van der Waals surface area contributed by atoms with E-state index in [-0.39, 0.29) is 0 Å². The molecule has 0 saturated carbocycles. The maximum absolute atomic E-state index is 2.46. The van der Waals surface area contributed by atoms with Gasteiger partial charge in [0, 0.05) is 55.7 Å². The number of aromatic nitrogens is 2. The molecule has 4 nitrogen and oxygen atoms in total. The summed E-state index contributed by atoms with van der Waals surface area (Å²) in [4.78, 5) is 4.78. The normalized spacial score (nSPS) is 11.4. The molecule has 0 bridgehead atoms. The molecule has 0 radical (unpaired) electrons. The van der Waals surface area contributed by atoms with E-state index in [9.17, 15) is 0 Å². The first-order valence-corrected chi connectivity index (χ1v) is 30.1. The van der Waals surface area contributed by atoms with Crippen LogP contribution < -0.4 is 9.80 Å². The van der Waals surface area contributed by atoms with Crippen molar-refractivity contribution in [2.24, 2.45) is 0 Å². The predicted octanol–water partition coefficient (Wildman–Crippen LogP) is 23.2. The zero-order valence-corrected chi connectivity index (χ0v) is 48.3. The van der Waals surface area contributed by atoms with Gasteiger partial charge in [-0.05, 0) is 165 Å². The molecule has 0 N–H and O–H groups in total. The van der Waals surface area contributed by atoms with Gasteiger partial charge in [-0.25, -0.2) is 0 Å². The average molecular weight is 1120 g/mol. The van der Waals surface area contributed by atoms with Gasteiger partial charge in [0.25, 0.3) is 0 Å². The van der Waals surface area contributed by atoms with Crippen molar-refractivity contribution in [2.75, 3.05) is 9.80 Å². The molecule has 0 saturated heterocycles. The highest BCUT2D eigenvalue weighted by atomic mass is 15.2. The van der Waals surface area contributed by atoms with Crippen LogP contribution in [-0.4, -0.2) is 9.13 Å². The zero-order valence-electron chi connectivity index (χ0n) is 48.3. The second-order valence-corrected chi connectivity index (χ2v) is 22.5. The van der Waals surface area contributed by atoms with Crippen molar-refractivity contribution in [3.63, 3.8) is 0 Å². The van der Waals surface area contributed by atoms with Crippen LogP contribution in [0.4, 0.5) is 34.1 Å². The average Bonchev–Trinajstić information content (AvgIpc) is 1.70. The Morgan fingerprint density at radius 1 is 0.193 bits per heavy atom. The molecule has 0 fully saturated rings. The third kappa shape index (κ3) is 9.37. The van der Waals surface area contributed by atoms with Crippen molar-refractivity contribution in [3.8, 4) is 67.0 Å². The Bertz CT molecular complexity index is 5030. The summed E-state index contributed by atoms with van der Waals surface area (Å²) in [5.74, 6) is 0. The minimum absolute atomic E-state index is 1.06. The number of fused-ring (bicyclic) bond motifs is 6. The Kier molecular flexibility index (Phi) is 13.2. The summed E-state index contributed by atoms with van der Waals surface area (Å²) in [6.45, 7) is 0. The Labute approximate surface area is 512 Å². The van der Waals surface area contributed by atoms with Gasteiger partial charge >= 0.3 is 0 Å².